The predicted molar refractivity (Wildman–Crippen MR) is 116 cm³/mol. The molecule has 9 heteroatoms. The third kappa shape index (κ3) is 6.37. The quantitative estimate of drug-likeness (QED) is 0.333. The van der Waals surface area contributed by atoms with Crippen LogP contribution in [0.1, 0.15) is 29.8 Å². The van der Waals surface area contributed by atoms with Gasteiger partial charge >= 0.3 is 0 Å². The Balaban J connectivity index is 2.04. The molecule has 0 aliphatic carbocycles. The highest BCUT2D eigenvalue weighted by atomic mass is 79.9. The van der Waals surface area contributed by atoms with Crippen molar-refractivity contribution in [1.29, 1.82) is 0 Å². The summed E-state index contributed by atoms with van der Waals surface area (Å²) in [6.07, 6.45) is 1.34. The lowest BCUT2D eigenvalue weighted by atomic mass is 10.2. The molecule has 29 heavy (non-hydrogen) atoms. The Morgan fingerprint density at radius 3 is 2.52 bits per heavy atom. The van der Waals surface area contributed by atoms with E-state index < -0.39 is 4.92 Å². The van der Waals surface area contributed by atoms with Crippen molar-refractivity contribution in [2.24, 2.45) is 4.99 Å². The van der Waals surface area contributed by atoms with Crippen molar-refractivity contribution in [2.75, 3.05) is 26.2 Å². The molecule has 2 N–H and O–H groups in total. The number of hydrogen-bond acceptors (Lipinski definition) is 6. The average Bonchev–Trinajstić information content (AvgIpc) is 2.72. The van der Waals surface area contributed by atoms with Crippen molar-refractivity contribution in [1.82, 2.24) is 10.2 Å². The van der Waals surface area contributed by atoms with Gasteiger partial charge in [0.05, 0.1) is 15.1 Å². The molecule has 0 atom stereocenters. The minimum Gasteiger partial charge on any atom is -0.506 e. The molecule has 0 aliphatic heterocycles. The predicted octanol–water partition coefficient (Wildman–Crippen LogP) is 3.89. The van der Waals surface area contributed by atoms with E-state index >= 15 is 0 Å². The number of non-ortho nitro benzene ring substituents is 1. The molecule has 2 aromatic carbocycles. The summed E-state index contributed by atoms with van der Waals surface area (Å²) in [5.41, 5.74) is 1.12. The Morgan fingerprint density at radius 1 is 1.28 bits per heavy atom. The van der Waals surface area contributed by atoms with Gasteiger partial charge in [-0.15, -0.1) is 0 Å². The first-order valence-corrected chi connectivity index (χ1v) is 9.96. The standard InChI is InChI=1S/C20H23BrN4O4/c1-3-24(4-2)10-9-22-20(27)14-5-7-16(8-6-14)23-13-15-11-17(25(28)29)12-18(21)19(15)26/h5-8,11-13,26H,3-4,9-10H2,1-2H3,(H,22,27). The monoisotopic (exact) mass is 462 g/mol. The molecule has 0 saturated heterocycles. The zero-order valence-corrected chi connectivity index (χ0v) is 17.8. The molecule has 0 aromatic heterocycles. The molecular formula is C20H23BrN4O4. The Labute approximate surface area is 177 Å². The second-order valence-electron chi connectivity index (χ2n) is 6.21. The van der Waals surface area contributed by atoms with Crippen molar-refractivity contribution < 1.29 is 14.8 Å². The van der Waals surface area contributed by atoms with Gasteiger partial charge in [-0.25, -0.2) is 0 Å². The minimum absolute atomic E-state index is 0.136. The van der Waals surface area contributed by atoms with E-state index in [1.54, 1.807) is 24.3 Å². The minimum atomic E-state index is -0.546. The normalized spacial score (nSPS) is 11.2. The summed E-state index contributed by atoms with van der Waals surface area (Å²) in [6.45, 7) is 7.41. The fourth-order valence-electron chi connectivity index (χ4n) is 2.62. The second kappa shape index (κ2) is 10.7. The smallest absolute Gasteiger partial charge is 0.271 e. The number of carbonyl (C=O) groups is 1. The number of benzene rings is 2. The van der Waals surface area contributed by atoms with Crippen LogP contribution in [0, 0.1) is 10.1 Å². The van der Waals surface area contributed by atoms with Gasteiger partial charge in [0.1, 0.15) is 5.75 Å². The lowest BCUT2D eigenvalue weighted by molar-refractivity contribution is -0.385. The van der Waals surface area contributed by atoms with Crippen LogP contribution in [-0.4, -0.2) is 53.2 Å². The van der Waals surface area contributed by atoms with E-state index in [2.05, 4.69) is 45.0 Å². The van der Waals surface area contributed by atoms with Crippen LogP contribution in [0.4, 0.5) is 11.4 Å². The van der Waals surface area contributed by atoms with Crippen molar-refractivity contribution in [3.63, 3.8) is 0 Å². The lowest BCUT2D eigenvalue weighted by Crippen LogP contribution is -2.34. The number of likely N-dealkylation sites (N-methyl/N-ethyl adjacent to an activating group) is 1. The maximum atomic E-state index is 12.2. The molecule has 0 fully saturated rings. The maximum Gasteiger partial charge on any atom is 0.271 e. The Kier molecular flexibility index (Phi) is 8.29. The van der Waals surface area contributed by atoms with Crippen LogP contribution in [0.3, 0.4) is 0 Å². The van der Waals surface area contributed by atoms with Gasteiger partial charge in [0, 0.05) is 42.6 Å². The summed E-state index contributed by atoms with van der Waals surface area (Å²) < 4.78 is 0.213. The number of amides is 1. The van der Waals surface area contributed by atoms with E-state index in [-0.39, 0.29) is 27.4 Å². The van der Waals surface area contributed by atoms with Gasteiger partial charge < -0.3 is 15.3 Å². The van der Waals surface area contributed by atoms with E-state index in [4.69, 9.17) is 0 Å². The fourth-order valence-corrected chi connectivity index (χ4v) is 3.09. The zero-order valence-electron chi connectivity index (χ0n) is 16.3. The Morgan fingerprint density at radius 2 is 1.93 bits per heavy atom. The van der Waals surface area contributed by atoms with Gasteiger partial charge in [-0.1, -0.05) is 13.8 Å². The van der Waals surface area contributed by atoms with Crippen molar-refractivity contribution in [3.05, 3.63) is 62.1 Å². The molecule has 2 aromatic rings. The van der Waals surface area contributed by atoms with Crippen LogP contribution in [0.2, 0.25) is 0 Å². The number of hydrogen-bond donors (Lipinski definition) is 2. The number of aromatic hydroxyl groups is 1. The SMILES string of the molecule is CCN(CC)CCNC(=O)c1ccc(N=Cc2cc([N+](=O)[O-])cc(Br)c2O)cc1. The molecule has 8 nitrogen and oxygen atoms in total. The number of phenols is 1. The van der Waals surface area contributed by atoms with Gasteiger partial charge in [0.25, 0.3) is 11.6 Å². The van der Waals surface area contributed by atoms with Crippen LogP contribution < -0.4 is 5.32 Å². The zero-order chi connectivity index (χ0) is 21.4. The average molecular weight is 463 g/mol. The largest absolute Gasteiger partial charge is 0.506 e. The third-order valence-electron chi connectivity index (χ3n) is 4.38. The topological polar surface area (TPSA) is 108 Å². The number of phenolic OH excluding ortho intramolecular Hbond substituents is 1. The lowest BCUT2D eigenvalue weighted by Gasteiger charge is -2.17. The number of nitro groups is 1. The number of nitro benzene ring substituents is 1. The molecule has 0 heterocycles. The fraction of sp³-hybridized carbons (Fsp3) is 0.300. The van der Waals surface area contributed by atoms with Gasteiger partial charge in [0.2, 0.25) is 0 Å². The molecule has 0 radical (unpaired) electrons. The van der Waals surface area contributed by atoms with E-state index in [1.807, 2.05) is 0 Å². The number of halogens is 1. The van der Waals surface area contributed by atoms with E-state index in [0.717, 1.165) is 19.6 Å². The highest BCUT2D eigenvalue weighted by Crippen LogP contribution is 2.31. The van der Waals surface area contributed by atoms with Crippen molar-refractivity contribution >= 4 is 39.4 Å². The molecule has 154 valence electrons. The van der Waals surface area contributed by atoms with Gasteiger partial charge in [-0.2, -0.15) is 0 Å². The molecule has 0 aliphatic rings. The van der Waals surface area contributed by atoms with Crippen LogP contribution in [0.5, 0.6) is 5.75 Å². The summed E-state index contributed by atoms with van der Waals surface area (Å²) in [6, 6.07) is 9.10. The summed E-state index contributed by atoms with van der Waals surface area (Å²) in [5, 5.41) is 23.9. The first kappa shape index (κ1) is 22.5. The number of carbonyl (C=O) groups excluding carboxylic acids is 1. The number of rotatable bonds is 9. The molecule has 2 rings (SSSR count). The highest BCUT2D eigenvalue weighted by Gasteiger charge is 2.13. The van der Waals surface area contributed by atoms with E-state index in [1.165, 1.54) is 18.3 Å². The molecule has 0 saturated carbocycles. The van der Waals surface area contributed by atoms with Crippen LogP contribution in [0.15, 0.2) is 45.9 Å². The molecule has 1 amide bonds. The van der Waals surface area contributed by atoms with Gasteiger partial charge in [-0.05, 0) is 53.3 Å². The van der Waals surface area contributed by atoms with Crippen LogP contribution >= 0.6 is 15.9 Å². The Hall–Kier alpha value is -2.78. The summed E-state index contributed by atoms with van der Waals surface area (Å²) >= 11 is 3.09. The summed E-state index contributed by atoms with van der Waals surface area (Å²) in [5.74, 6) is -0.295. The first-order chi connectivity index (χ1) is 13.8. The van der Waals surface area contributed by atoms with Crippen LogP contribution in [0.25, 0.3) is 0 Å². The van der Waals surface area contributed by atoms with Crippen molar-refractivity contribution in [3.8, 4) is 5.75 Å². The van der Waals surface area contributed by atoms with Gasteiger partial charge in [-0.3, -0.25) is 19.9 Å². The molecule has 0 bridgehead atoms. The summed E-state index contributed by atoms with van der Waals surface area (Å²) in [4.78, 5) is 29.1. The Bertz CT molecular complexity index is 896. The molecule has 0 unspecified atom stereocenters. The third-order valence-corrected chi connectivity index (χ3v) is 4.98. The second-order valence-corrected chi connectivity index (χ2v) is 7.06. The van der Waals surface area contributed by atoms with Gasteiger partial charge in [0.15, 0.2) is 0 Å². The first-order valence-electron chi connectivity index (χ1n) is 9.17. The van der Waals surface area contributed by atoms with E-state index in [0.29, 0.717) is 17.8 Å². The highest BCUT2D eigenvalue weighted by molar-refractivity contribution is 9.10. The molecular weight excluding hydrogens is 440 g/mol. The number of nitrogens with zero attached hydrogens (tertiary/aromatic N) is 3. The van der Waals surface area contributed by atoms with Crippen LogP contribution in [-0.2, 0) is 0 Å². The number of aliphatic imine (C=N–C) groups is 1. The van der Waals surface area contributed by atoms with E-state index in [9.17, 15) is 20.0 Å². The van der Waals surface area contributed by atoms with Crippen molar-refractivity contribution in [2.45, 2.75) is 13.8 Å². The molecule has 0 spiro atoms. The maximum absolute atomic E-state index is 12.2. The number of nitrogens with one attached hydrogen (secondary N) is 1. The summed E-state index contributed by atoms with van der Waals surface area (Å²) in [7, 11) is 0.